The zero-order valence-electron chi connectivity index (χ0n) is 12.1. The number of amides is 1. The summed E-state index contributed by atoms with van der Waals surface area (Å²) in [4.78, 5) is 33.6. The van der Waals surface area contributed by atoms with Crippen molar-refractivity contribution in [1.29, 1.82) is 0 Å². The van der Waals surface area contributed by atoms with E-state index in [-0.39, 0.29) is 6.42 Å². The van der Waals surface area contributed by atoms with Crippen molar-refractivity contribution in [1.82, 2.24) is 5.32 Å². The van der Waals surface area contributed by atoms with Crippen molar-refractivity contribution >= 4 is 17.6 Å². The molecule has 0 saturated heterocycles. The van der Waals surface area contributed by atoms with Gasteiger partial charge in [0.25, 0.3) is 11.6 Å². The summed E-state index contributed by atoms with van der Waals surface area (Å²) >= 11 is 0. The van der Waals surface area contributed by atoms with Crippen molar-refractivity contribution < 1.29 is 28.0 Å². The summed E-state index contributed by atoms with van der Waals surface area (Å²) < 4.78 is 30.9. The number of nitro benzene ring substituents is 1. The molecule has 0 aromatic heterocycles. The van der Waals surface area contributed by atoms with Gasteiger partial charge in [0.2, 0.25) is 0 Å². The highest BCUT2D eigenvalue weighted by atomic mass is 19.2. The minimum Gasteiger partial charge on any atom is -0.467 e. The topological polar surface area (TPSA) is 98.5 Å². The van der Waals surface area contributed by atoms with Gasteiger partial charge in [-0.15, -0.1) is 0 Å². The van der Waals surface area contributed by atoms with E-state index in [0.29, 0.717) is 12.1 Å². The molecule has 1 aromatic carbocycles. The summed E-state index contributed by atoms with van der Waals surface area (Å²) in [6.45, 7) is 2.93. The third-order valence-corrected chi connectivity index (χ3v) is 3.21. The number of carbonyl (C=O) groups is 2. The molecule has 1 amide bonds. The number of methoxy groups -OCH3 is 1. The van der Waals surface area contributed by atoms with Gasteiger partial charge < -0.3 is 10.1 Å². The molecule has 0 radical (unpaired) electrons. The number of benzene rings is 1. The van der Waals surface area contributed by atoms with Crippen LogP contribution in [0.2, 0.25) is 0 Å². The fraction of sp³-hybridized carbons (Fsp3) is 0.385. The Bertz CT molecular complexity index is 635. The third kappa shape index (κ3) is 3.35. The average Bonchev–Trinajstić information content (AvgIpc) is 2.47. The number of esters is 1. The van der Waals surface area contributed by atoms with Crippen LogP contribution >= 0.6 is 0 Å². The van der Waals surface area contributed by atoms with Crippen LogP contribution < -0.4 is 5.32 Å². The molecular formula is C13H14F2N2O5. The van der Waals surface area contributed by atoms with Crippen molar-refractivity contribution in [2.45, 2.75) is 25.8 Å². The van der Waals surface area contributed by atoms with E-state index in [4.69, 9.17) is 0 Å². The monoisotopic (exact) mass is 316 g/mol. The lowest BCUT2D eigenvalue weighted by Crippen LogP contribution is -2.52. The van der Waals surface area contributed by atoms with Crippen molar-refractivity contribution in [3.63, 3.8) is 0 Å². The Balaban J connectivity index is 3.26. The first-order chi connectivity index (χ1) is 10.2. The number of ether oxygens (including phenoxy) is 1. The largest absolute Gasteiger partial charge is 0.467 e. The van der Waals surface area contributed by atoms with Crippen LogP contribution in [0.4, 0.5) is 14.5 Å². The molecule has 0 aliphatic heterocycles. The van der Waals surface area contributed by atoms with E-state index in [1.807, 2.05) is 0 Å². The number of nitro groups is 1. The van der Waals surface area contributed by atoms with Crippen molar-refractivity contribution in [3.8, 4) is 0 Å². The van der Waals surface area contributed by atoms with Gasteiger partial charge in [0, 0.05) is 0 Å². The number of carbonyl (C=O) groups excluding carboxylic acids is 2. The summed E-state index contributed by atoms with van der Waals surface area (Å²) in [5, 5.41) is 13.1. The van der Waals surface area contributed by atoms with Crippen LogP contribution in [0.3, 0.4) is 0 Å². The summed E-state index contributed by atoms with van der Waals surface area (Å²) in [6, 6.07) is 0.724. The summed E-state index contributed by atoms with van der Waals surface area (Å²) in [5.41, 5.74) is -3.04. The van der Waals surface area contributed by atoms with Crippen LogP contribution in [0, 0.1) is 21.7 Å². The van der Waals surface area contributed by atoms with Gasteiger partial charge in [-0.2, -0.15) is 0 Å². The van der Waals surface area contributed by atoms with Crippen molar-refractivity contribution in [2.24, 2.45) is 0 Å². The van der Waals surface area contributed by atoms with E-state index >= 15 is 0 Å². The fourth-order valence-corrected chi connectivity index (χ4v) is 1.70. The van der Waals surface area contributed by atoms with Gasteiger partial charge in [-0.25, -0.2) is 13.6 Å². The Morgan fingerprint density at radius 3 is 2.36 bits per heavy atom. The minimum atomic E-state index is -1.45. The normalized spacial score (nSPS) is 13.1. The Labute approximate surface area is 124 Å². The lowest BCUT2D eigenvalue weighted by atomic mass is 9.98. The molecule has 0 aliphatic rings. The molecule has 0 saturated carbocycles. The summed E-state index contributed by atoms with van der Waals surface area (Å²) in [5.74, 6) is -4.71. The predicted molar refractivity (Wildman–Crippen MR) is 71.2 cm³/mol. The number of hydrogen-bond donors (Lipinski definition) is 1. The molecule has 9 heteroatoms. The second-order valence-corrected chi connectivity index (χ2v) is 4.67. The number of nitrogens with one attached hydrogen (secondary N) is 1. The molecular weight excluding hydrogens is 302 g/mol. The quantitative estimate of drug-likeness (QED) is 0.508. The Kier molecular flexibility index (Phi) is 5.13. The number of nitrogens with zero attached hydrogens (tertiary/aromatic N) is 1. The Morgan fingerprint density at radius 2 is 1.91 bits per heavy atom. The van der Waals surface area contributed by atoms with Crippen molar-refractivity contribution in [2.75, 3.05) is 7.11 Å². The predicted octanol–water partition coefficient (Wildman–Crippen LogP) is 1.94. The van der Waals surface area contributed by atoms with E-state index in [1.54, 1.807) is 6.92 Å². The van der Waals surface area contributed by atoms with E-state index in [9.17, 15) is 28.5 Å². The molecule has 1 N–H and O–H groups in total. The SMILES string of the molecule is CC[C@@](C)(NC(=O)c1cc(F)c(F)cc1[N+](=O)[O-])C(=O)OC. The van der Waals surface area contributed by atoms with Gasteiger partial charge in [-0.05, 0) is 19.4 Å². The van der Waals surface area contributed by atoms with Crippen LogP contribution in [0.15, 0.2) is 12.1 Å². The van der Waals surface area contributed by atoms with Crippen LogP contribution in [-0.2, 0) is 9.53 Å². The molecule has 0 unspecified atom stereocenters. The van der Waals surface area contributed by atoms with Gasteiger partial charge in [0.1, 0.15) is 11.1 Å². The second kappa shape index (κ2) is 6.46. The molecule has 0 aliphatic carbocycles. The maximum Gasteiger partial charge on any atom is 0.331 e. The lowest BCUT2D eigenvalue weighted by Gasteiger charge is -2.26. The summed E-state index contributed by atoms with van der Waals surface area (Å²) in [6.07, 6.45) is 0.128. The molecule has 0 heterocycles. The number of halogens is 2. The van der Waals surface area contributed by atoms with Gasteiger partial charge in [0.05, 0.1) is 18.1 Å². The van der Waals surface area contributed by atoms with Crippen molar-refractivity contribution in [3.05, 3.63) is 39.4 Å². The van der Waals surface area contributed by atoms with E-state index in [2.05, 4.69) is 10.1 Å². The van der Waals surface area contributed by atoms with E-state index < -0.39 is 45.2 Å². The second-order valence-electron chi connectivity index (χ2n) is 4.67. The molecule has 0 fully saturated rings. The highest BCUT2D eigenvalue weighted by Crippen LogP contribution is 2.23. The number of rotatable bonds is 5. The van der Waals surface area contributed by atoms with Gasteiger partial charge in [0.15, 0.2) is 11.6 Å². The molecule has 0 bridgehead atoms. The zero-order valence-corrected chi connectivity index (χ0v) is 12.1. The van der Waals surface area contributed by atoms with E-state index in [1.165, 1.54) is 6.92 Å². The third-order valence-electron chi connectivity index (χ3n) is 3.21. The first-order valence-electron chi connectivity index (χ1n) is 6.20. The Morgan fingerprint density at radius 1 is 1.36 bits per heavy atom. The Hall–Kier alpha value is -2.58. The highest BCUT2D eigenvalue weighted by molar-refractivity contribution is 6.01. The molecule has 1 aromatic rings. The molecule has 120 valence electrons. The van der Waals surface area contributed by atoms with E-state index in [0.717, 1.165) is 7.11 Å². The maximum atomic E-state index is 13.3. The molecule has 0 spiro atoms. The first-order valence-corrected chi connectivity index (χ1v) is 6.20. The average molecular weight is 316 g/mol. The highest BCUT2D eigenvalue weighted by Gasteiger charge is 2.36. The fourth-order valence-electron chi connectivity index (χ4n) is 1.70. The zero-order chi connectivity index (χ0) is 17.1. The maximum absolute atomic E-state index is 13.3. The van der Waals surface area contributed by atoms with Gasteiger partial charge in [-0.1, -0.05) is 6.92 Å². The van der Waals surface area contributed by atoms with Crippen LogP contribution in [-0.4, -0.2) is 29.4 Å². The minimum absolute atomic E-state index is 0.128. The first kappa shape index (κ1) is 17.5. The lowest BCUT2D eigenvalue weighted by molar-refractivity contribution is -0.385. The number of hydrogen-bond acceptors (Lipinski definition) is 5. The van der Waals surface area contributed by atoms with Crippen LogP contribution in [0.25, 0.3) is 0 Å². The van der Waals surface area contributed by atoms with Gasteiger partial charge >= 0.3 is 5.97 Å². The molecule has 22 heavy (non-hydrogen) atoms. The molecule has 7 nitrogen and oxygen atoms in total. The van der Waals surface area contributed by atoms with Gasteiger partial charge in [-0.3, -0.25) is 14.9 Å². The molecule has 1 atom stereocenters. The molecule has 1 rings (SSSR count). The van der Waals surface area contributed by atoms with Crippen LogP contribution in [0.5, 0.6) is 0 Å². The van der Waals surface area contributed by atoms with Crippen LogP contribution in [0.1, 0.15) is 30.6 Å². The standard InChI is InChI=1S/C13H14F2N2O5/c1-4-13(2,12(19)22-3)16-11(18)7-5-8(14)9(15)6-10(7)17(20)21/h5-6H,4H2,1-3H3,(H,16,18)/t13-/m1/s1. The summed E-state index contributed by atoms with van der Waals surface area (Å²) in [7, 11) is 1.11. The smallest absolute Gasteiger partial charge is 0.331 e.